The van der Waals surface area contributed by atoms with Crippen LogP contribution in [-0.4, -0.2) is 5.78 Å². The Morgan fingerprint density at radius 1 is 1.60 bits per heavy atom. The minimum atomic E-state index is 0.0639. The van der Waals surface area contributed by atoms with Crippen LogP contribution in [0.25, 0.3) is 0 Å². The molecule has 1 rings (SSSR count). The quantitative estimate of drug-likeness (QED) is 0.547. The highest BCUT2D eigenvalue weighted by molar-refractivity contribution is 5.95. The predicted molar refractivity (Wildman–Crippen MR) is 37.2 cm³/mol. The van der Waals surface area contributed by atoms with Gasteiger partial charge in [-0.15, -0.1) is 0 Å². The molecule has 0 N–H and O–H groups in total. The van der Waals surface area contributed by atoms with Gasteiger partial charge in [0.15, 0.2) is 5.78 Å². The fourth-order valence-corrected chi connectivity index (χ4v) is 1.26. The molecule has 0 unspecified atom stereocenters. The summed E-state index contributed by atoms with van der Waals surface area (Å²) >= 11 is 0. The van der Waals surface area contributed by atoms with E-state index in [1.54, 1.807) is 0 Å². The second-order valence-corrected chi connectivity index (χ2v) is 2.48. The fourth-order valence-electron chi connectivity index (χ4n) is 1.26. The van der Waals surface area contributed by atoms with E-state index in [2.05, 4.69) is 6.07 Å². The minimum Gasteiger partial charge on any atom is -0.295 e. The average Bonchev–Trinajstić information content (AvgIpc) is 2.33. The number of carbonyl (C=O) groups excluding carboxylic acids is 1. The van der Waals surface area contributed by atoms with Gasteiger partial charge in [0.25, 0.3) is 0 Å². The van der Waals surface area contributed by atoms with Crippen molar-refractivity contribution in [2.45, 2.75) is 26.2 Å². The smallest absolute Gasteiger partial charge is 0.156 e. The Morgan fingerprint density at radius 2 is 2.30 bits per heavy atom. The number of allylic oxidation sites excluding steroid dienone is 2. The van der Waals surface area contributed by atoms with E-state index >= 15 is 0 Å². The molecule has 0 fully saturated rings. The molecule has 0 saturated heterocycles. The van der Waals surface area contributed by atoms with Crippen LogP contribution in [0.3, 0.4) is 0 Å². The Bertz CT molecular complexity index is 232. The molecule has 0 radical (unpaired) electrons. The van der Waals surface area contributed by atoms with Crippen LogP contribution in [0.15, 0.2) is 11.1 Å². The van der Waals surface area contributed by atoms with Gasteiger partial charge in [0.1, 0.15) is 0 Å². The van der Waals surface area contributed by atoms with Gasteiger partial charge in [0.05, 0.1) is 6.07 Å². The first-order chi connectivity index (χ1) is 4.75. The zero-order chi connectivity index (χ0) is 7.56. The maximum atomic E-state index is 10.8. The first-order valence-corrected chi connectivity index (χ1v) is 3.38. The van der Waals surface area contributed by atoms with Crippen molar-refractivity contribution < 1.29 is 4.79 Å². The lowest BCUT2D eigenvalue weighted by Crippen LogP contribution is -1.94. The van der Waals surface area contributed by atoms with Crippen LogP contribution >= 0.6 is 0 Å². The van der Waals surface area contributed by atoms with Crippen LogP contribution in [0.1, 0.15) is 26.2 Å². The van der Waals surface area contributed by atoms with E-state index in [0.717, 1.165) is 24.8 Å². The summed E-state index contributed by atoms with van der Waals surface area (Å²) in [6, 6.07) is 2.05. The highest BCUT2D eigenvalue weighted by Crippen LogP contribution is 2.25. The maximum absolute atomic E-state index is 10.8. The lowest BCUT2D eigenvalue weighted by molar-refractivity contribution is -0.113. The van der Waals surface area contributed by atoms with Crippen LogP contribution in [0.5, 0.6) is 0 Å². The number of hydrogen-bond donors (Lipinski definition) is 0. The Labute approximate surface area is 60.2 Å². The average molecular weight is 135 g/mol. The Morgan fingerprint density at radius 3 is 2.70 bits per heavy atom. The fraction of sp³-hybridized carbons (Fsp3) is 0.500. The molecule has 0 atom stereocenters. The lowest BCUT2D eigenvalue weighted by atomic mass is 10.1. The van der Waals surface area contributed by atoms with Gasteiger partial charge in [-0.1, -0.05) is 0 Å². The van der Waals surface area contributed by atoms with Gasteiger partial charge in [-0.25, -0.2) is 0 Å². The lowest BCUT2D eigenvalue weighted by Gasteiger charge is -1.92. The third-order valence-corrected chi connectivity index (χ3v) is 1.78. The summed E-state index contributed by atoms with van der Waals surface area (Å²) in [5, 5.41) is 8.53. The molecule has 2 nitrogen and oxygen atoms in total. The summed E-state index contributed by atoms with van der Waals surface area (Å²) in [5.41, 5.74) is 1.45. The van der Waals surface area contributed by atoms with Gasteiger partial charge < -0.3 is 0 Å². The largest absolute Gasteiger partial charge is 0.295 e. The van der Waals surface area contributed by atoms with Crippen molar-refractivity contribution in [3.05, 3.63) is 11.1 Å². The van der Waals surface area contributed by atoms with E-state index in [1.165, 1.54) is 6.92 Å². The zero-order valence-electron chi connectivity index (χ0n) is 5.98. The van der Waals surface area contributed by atoms with Gasteiger partial charge in [-0.05, 0) is 26.2 Å². The molecule has 0 bridgehead atoms. The molecular weight excluding hydrogens is 126 g/mol. The molecule has 0 heterocycles. The second-order valence-electron chi connectivity index (χ2n) is 2.48. The molecule has 0 saturated carbocycles. The van der Waals surface area contributed by atoms with Crippen LogP contribution in [0.4, 0.5) is 0 Å². The van der Waals surface area contributed by atoms with E-state index < -0.39 is 0 Å². The Kier molecular flexibility index (Phi) is 1.86. The molecule has 0 aromatic rings. The molecule has 0 aliphatic heterocycles. The van der Waals surface area contributed by atoms with Crippen LogP contribution in [0.2, 0.25) is 0 Å². The van der Waals surface area contributed by atoms with Crippen molar-refractivity contribution in [2.75, 3.05) is 0 Å². The number of hydrogen-bond acceptors (Lipinski definition) is 2. The highest BCUT2D eigenvalue weighted by Gasteiger charge is 2.16. The molecule has 10 heavy (non-hydrogen) atoms. The normalized spacial score (nSPS) is 17.2. The van der Waals surface area contributed by atoms with Crippen molar-refractivity contribution in [3.8, 4) is 6.07 Å². The number of rotatable bonds is 1. The molecule has 52 valence electrons. The molecule has 1 aliphatic carbocycles. The third-order valence-electron chi connectivity index (χ3n) is 1.78. The topological polar surface area (TPSA) is 40.9 Å². The maximum Gasteiger partial charge on any atom is 0.156 e. The zero-order valence-corrected chi connectivity index (χ0v) is 5.98. The predicted octanol–water partition coefficient (Wildman–Crippen LogP) is 1.58. The van der Waals surface area contributed by atoms with E-state index in [4.69, 9.17) is 5.26 Å². The van der Waals surface area contributed by atoms with E-state index in [1.807, 2.05) is 0 Å². The van der Waals surface area contributed by atoms with Crippen molar-refractivity contribution in [3.63, 3.8) is 0 Å². The van der Waals surface area contributed by atoms with Gasteiger partial charge in [-0.3, -0.25) is 4.79 Å². The van der Waals surface area contributed by atoms with E-state index in [0.29, 0.717) is 5.57 Å². The summed E-state index contributed by atoms with van der Waals surface area (Å²) in [7, 11) is 0. The number of Topliss-reactive ketones (excluding diaryl/α,β-unsaturated/α-hetero) is 1. The van der Waals surface area contributed by atoms with Crippen molar-refractivity contribution in [1.82, 2.24) is 0 Å². The van der Waals surface area contributed by atoms with Gasteiger partial charge in [-0.2, -0.15) is 5.26 Å². The summed E-state index contributed by atoms with van der Waals surface area (Å²) < 4.78 is 0. The van der Waals surface area contributed by atoms with Crippen LogP contribution < -0.4 is 0 Å². The van der Waals surface area contributed by atoms with E-state index in [9.17, 15) is 4.79 Å². The highest BCUT2D eigenvalue weighted by atomic mass is 16.1. The van der Waals surface area contributed by atoms with Crippen molar-refractivity contribution >= 4 is 5.78 Å². The number of nitrogens with zero attached hydrogens (tertiary/aromatic N) is 1. The van der Waals surface area contributed by atoms with Gasteiger partial charge in [0.2, 0.25) is 0 Å². The van der Waals surface area contributed by atoms with Crippen molar-refractivity contribution in [1.29, 1.82) is 5.26 Å². The van der Waals surface area contributed by atoms with Crippen LogP contribution in [-0.2, 0) is 4.79 Å². The molecular formula is C8H9NO. The standard InChI is InChI=1S/C8H9NO/c1-6(10)8-4-2-3-7(8)5-9/h2-4H2,1H3. The minimum absolute atomic E-state index is 0.0639. The monoisotopic (exact) mass is 135 g/mol. The summed E-state index contributed by atoms with van der Waals surface area (Å²) in [5.74, 6) is 0.0639. The molecule has 0 spiro atoms. The van der Waals surface area contributed by atoms with Gasteiger partial charge >= 0.3 is 0 Å². The number of carbonyl (C=O) groups is 1. The second kappa shape index (κ2) is 2.66. The number of ketones is 1. The van der Waals surface area contributed by atoms with Gasteiger partial charge in [0, 0.05) is 11.1 Å². The Balaban J connectivity index is 2.91. The van der Waals surface area contributed by atoms with Crippen LogP contribution in [0, 0.1) is 11.3 Å². The first kappa shape index (κ1) is 7.01. The van der Waals surface area contributed by atoms with Crippen molar-refractivity contribution in [2.24, 2.45) is 0 Å². The first-order valence-electron chi connectivity index (χ1n) is 3.38. The molecule has 0 aromatic carbocycles. The SMILES string of the molecule is CC(=O)C1=C(C#N)CCC1. The summed E-state index contributed by atoms with van der Waals surface area (Å²) in [6.45, 7) is 1.53. The Hall–Kier alpha value is -1.10. The third kappa shape index (κ3) is 1.08. The molecule has 2 heteroatoms. The van der Waals surface area contributed by atoms with E-state index in [-0.39, 0.29) is 5.78 Å². The molecule has 0 amide bonds. The summed E-state index contributed by atoms with van der Waals surface area (Å²) in [6.07, 6.45) is 2.57. The molecule has 1 aliphatic rings. The summed E-state index contributed by atoms with van der Waals surface area (Å²) in [4.78, 5) is 10.8. The number of nitriles is 1. The molecule has 0 aromatic heterocycles.